The Bertz CT molecular complexity index is 407. The van der Waals surface area contributed by atoms with Crippen molar-refractivity contribution >= 4 is 23.2 Å². The zero-order valence-corrected chi connectivity index (χ0v) is 11.6. The van der Waals surface area contributed by atoms with Crippen molar-refractivity contribution in [3.05, 3.63) is 35.9 Å². The zero-order chi connectivity index (χ0) is 12.1. The lowest BCUT2D eigenvalue weighted by molar-refractivity contribution is 0.309. The summed E-state index contributed by atoms with van der Waals surface area (Å²) in [6.07, 6.45) is 5.07. The van der Waals surface area contributed by atoms with E-state index < -0.39 is 4.33 Å². The topological polar surface area (TPSA) is 0 Å². The first kappa shape index (κ1) is 11.9. The van der Waals surface area contributed by atoms with Crippen LogP contribution in [0.4, 0.5) is 0 Å². The van der Waals surface area contributed by atoms with E-state index in [0.717, 1.165) is 0 Å². The molecule has 0 heterocycles. The summed E-state index contributed by atoms with van der Waals surface area (Å²) in [5, 5.41) is 0. The van der Waals surface area contributed by atoms with Gasteiger partial charge in [0.25, 0.3) is 0 Å². The van der Waals surface area contributed by atoms with Crippen molar-refractivity contribution in [1.82, 2.24) is 0 Å². The summed E-state index contributed by atoms with van der Waals surface area (Å²) in [7, 11) is 0. The summed E-state index contributed by atoms with van der Waals surface area (Å²) in [6, 6.07) is 10.8. The van der Waals surface area contributed by atoms with E-state index in [1.165, 1.54) is 31.2 Å². The van der Waals surface area contributed by atoms with Crippen LogP contribution in [-0.2, 0) is 0 Å². The SMILES string of the molecule is CC(Cl)(Cl)[C@@]12CCCC[C@@H]1[C@H]2c1ccccc1. The van der Waals surface area contributed by atoms with Crippen molar-refractivity contribution in [3.63, 3.8) is 0 Å². The molecule has 1 aromatic carbocycles. The van der Waals surface area contributed by atoms with Gasteiger partial charge in [-0.05, 0) is 37.2 Å². The summed E-state index contributed by atoms with van der Waals surface area (Å²) >= 11 is 13.0. The van der Waals surface area contributed by atoms with Gasteiger partial charge in [0.1, 0.15) is 4.33 Å². The van der Waals surface area contributed by atoms with Crippen LogP contribution >= 0.6 is 23.2 Å². The standard InChI is InChI=1S/C15H18Cl2/c1-14(16,17)15-10-6-5-9-12(15)13(15)11-7-3-2-4-8-11/h2-4,7-8,12-13H,5-6,9-10H2,1H3/t12-,13-,15+/m1/s1. The van der Waals surface area contributed by atoms with Gasteiger partial charge in [0.2, 0.25) is 0 Å². The average molecular weight is 269 g/mol. The summed E-state index contributed by atoms with van der Waals surface area (Å²) in [5.74, 6) is 1.27. The van der Waals surface area contributed by atoms with Gasteiger partial charge in [0.15, 0.2) is 0 Å². The van der Waals surface area contributed by atoms with Crippen LogP contribution in [0.25, 0.3) is 0 Å². The Hall–Kier alpha value is -0.200. The number of halogens is 2. The summed E-state index contributed by atoms with van der Waals surface area (Å²) in [6.45, 7) is 1.98. The molecule has 3 atom stereocenters. The molecule has 0 N–H and O–H groups in total. The lowest BCUT2D eigenvalue weighted by Gasteiger charge is -2.31. The monoisotopic (exact) mass is 268 g/mol. The van der Waals surface area contributed by atoms with Gasteiger partial charge >= 0.3 is 0 Å². The molecule has 2 saturated carbocycles. The minimum atomic E-state index is -0.599. The van der Waals surface area contributed by atoms with Gasteiger partial charge in [-0.25, -0.2) is 0 Å². The largest absolute Gasteiger partial charge is 0.122 e. The molecule has 3 rings (SSSR count). The smallest absolute Gasteiger partial charge is 0.101 e. The molecule has 2 heteroatoms. The molecule has 0 amide bonds. The highest BCUT2D eigenvalue weighted by atomic mass is 35.5. The molecular weight excluding hydrogens is 251 g/mol. The fraction of sp³-hybridized carbons (Fsp3) is 0.600. The highest BCUT2D eigenvalue weighted by Gasteiger charge is 2.72. The first-order valence-electron chi connectivity index (χ1n) is 6.50. The Morgan fingerprint density at radius 1 is 1.18 bits per heavy atom. The lowest BCUT2D eigenvalue weighted by Crippen LogP contribution is -2.28. The predicted molar refractivity (Wildman–Crippen MR) is 73.7 cm³/mol. The molecule has 2 fully saturated rings. The summed E-state index contributed by atoms with van der Waals surface area (Å²) in [5.41, 5.74) is 1.56. The molecule has 0 radical (unpaired) electrons. The number of hydrogen-bond acceptors (Lipinski definition) is 0. The normalized spacial score (nSPS) is 36.4. The molecule has 2 aliphatic carbocycles. The Morgan fingerprint density at radius 2 is 1.88 bits per heavy atom. The molecule has 0 aromatic heterocycles. The molecular formula is C15H18Cl2. The van der Waals surface area contributed by atoms with Crippen LogP contribution in [-0.4, -0.2) is 4.33 Å². The Morgan fingerprint density at radius 3 is 2.47 bits per heavy atom. The van der Waals surface area contributed by atoms with Crippen LogP contribution in [0.3, 0.4) is 0 Å². The van der Waals surface area contributed by atoms with E-state index >= 15 is 0 Å². The van der Waals surface area contributed by atoms with Crippen LogP contribution in [0.1, 0.15) is 44.1 Å². The quantitative estimate of drug-likeness (QED) is 0.651. The second-order valence-corrected chi connectivity index (χ2v) is 7.37. The summed E-state index contributed by atoms with van der Waals surface area (Å²) < 4.78 is -0.599. The number of fused-ring (bicyclic) bond motifs is 1. The zero-order valence-electron chi connectivity index (χ0n) is 10.1. The predicted octanol–water partition coefficient (Wildman–Crippen LogP) is 5.15. The molecule has 2 aliphatic rings. The van der Waals surface area contributed by atoms with Crippen LogP contribution in [0, 0.1) is 11.3 Å². The van der Waals surface area contributed by atoms with Crippen LogP contribution < -0.4 is 0 Å². The van der Waals surface area contributed by atoms with Gasteiger partial charge in [-0.3, -0.25) is 0 Å². The molecule has 0 unspecified atom stereocenters. The van der Waals surface area contributed by atoms with E-state index in [0.29, 0.717) is 11.8 Å². The number of rotatable bonds is 2. The minimum absolute atomic E-state index is 0.135. The average Bonchev–Trinajstić information content (AvgIpc) is 3.00. The first-order chi connectivity index (χ1) is 8.07. The molecule has 0 saturated heterocycles. The fourth-order valence-electron chi connectivity index (χ4n) is 4.07. The van der Waals surface area contributed by atoms with E-state index in [1.807, 2.05) is 6.92 Å². The van der Waals surface area contributed by atoms with E-state index in [9.17, 15) is 0 Å². The van der Waals surface area contributed by atoms with Crippen molar-refractivity contribution in [1.29, 1.82) is 0 Å². The van der Waals surface area contributed by atoms with Crippen LogP contribution in [0.2, 0.25) is 0 Å². The van der Waals surface area contributed by atoms with Crippen LogP contribution in [0.15, 0.2) is 30.3 Å². The van der Waals surface area contributed by atoms with Crippen LogP contribution in [0.5, 0.6) is 0 Å². The van der Waals surface area contributed by atoms with E-state index in [-0.39, 0.29) is 5.41 Å². The number of hydrogen-bond donors (Lipinski definition) is 0. The van der Waals surface area contributed by atoms with Crippen molar-refractivity contribution < 1.29 is 0 Å². The fourth-order valence-corrected chi connectivity index (χ4v) is 4.78. The van der Waals surface area contributed by atoms with Gasteiger partial charge < -0.3 is 0 Å². The van der Waals surface area contributed by atoms with Crippen molar-refractivity contribution in [2.24, 2.45) is 11.3 Å². The van der Waals surface area contributed by atoms with Gasteiger partial charge in [-0.2, -0.15) is 0 Å². The Labute approximate surface area is 113 Å². The van der Waals surface area contributed by atoms with Gasteiger partial charge in [0.05, 0.1) is 0 Å². The van der Waals surface area contributed by atoms with Gasteiger partial charge in [-0.1, -0.05) is 43.2 Å². The van der Waals surface area contributed by atoms with Gasteiger partial charge in [-0.15, -0.1) is 23.2 Å². The molecule has 1 aromatic rings. The second-order valence-electron chi connectivity index (χ2n) is 5.67. The van der Waals surface area contributed by atoms with E-state index in [2.05, 4.69) is 30.3 Å². The maximum atomic E-state index is 6.50. The van der Waals surface area contributed by atoms with Crippen molar-refractivity contribution in [3.8, 4) is 0 Å². The maximum absolute atomic E-state index is 6.50. The lowest BCUT2D eigenvalue weighted by atomic mass is 9.84. The van der Waals surface area contributed by atoms with Gasteiger partial charge in [0, 0.05) is 5.41 Å². The first-order valence-corrected chi connectivity index (χ1v) is 7.26. The molecule has 0 nitrogen and oxygen atoms in total. The molecule has 0 bridgehead atoms. The highest BCUT2D eigenvalue weighted by molar-refractivity contribution is 6.49. The molecule has 0 spiro atoms. The number of benzene rings is 1. The molecule has 17 heavy (non-hydrogen) atoms. The maximum Gasteiger partial charge on any atom is 0.122 e. The van der Waals surface area contributed by atoms with Crippen molar-refractivity contribution in [2.45, 2.75) is 42.9 Å². The minimum Gasteiger partial charge on any atom is -0.101 e. The van der Waals surface area contributed by atoms with E-state index in [1.54, 1.807) is 0 Å². The Balaban J connectivity index is 1.97. The summed E-state index contributed by atoms with van der Waals surface area (Å²) in [4.78, 5) is 0. The van der Waals surface area contributed by atoms with E-state index in [4.69, 9.17) is 23.2 Å². The highest BCUT2D eigenvalue weighted by Crippen LogP contribution is 2.77. The molecule has 92 valence electrons. The Kier molecular flexibility index (Phi) is 2.72. The third-order valence-electron chi connectivity index (χ3n) is 4.84. The second kappa shape index (κ2) is 3.90. The third kappa shape index (κ3) is 1.64. The van der Waals surface area contributed by atoms with Crippen molar-refractivity contribution in [2.75, 3.05) is 0 Å². The molecule has 0 aliphatic heterocycles. The third-order valence-corrected chi connectivity index (χ3v) is 5.55. The number of alkyl halides is 2.